The predicted octanol–water partition coefficient (Wildman–Crippen LogP) is 3.70. The van der Waals surface area contributed by atoms with Crippen molar-refractivity contribution in [2.24, 2.45) is 0 Å². The Hall–Kier alpha value is -1.94. The Kier molecular flexibility index (Phi) is 4.91. The van der Waals surface area contributed by atoms with Gasteiger partial charge in [0.25, 0.3) is 0 Å². The van der Waals surface area contributed by atoms with Crippen LogP contribution >= 0.6 is 0 Å². The summed E-state index contributed by atoms with van der Waals surface area (Å²) >= 11 is 0. The molecule has 112 valence electrons. The van der Waals surface area contributed by atoms with Crippen molar-refractivity contribution in [2.45, 2.75) is 32.9 Å². The van der Waals surface area contributed by atoms with Crippen LogP contribution in [0.3, 0.4) is 0 Å². The van der Waals surface area contributed by atoms with Gasteiger partial charge in [-0.25, -0.2) is 8.78 Å². The van der Waals surface area contributed by atoms with Crippen LogP contribution in [0.1, 0.15) is 23.6 Å². The van der Waals surface area contributed by atoms with Crippen LogP contribution in [0.4, 0.5) is 8.78 Å². The minimum absolute atomic E-state index is 0.172. The molecule has 2 N–H and O–H groups in total. The van der Waals surface area contributed by atoms with Gasteiger partial charge in [-0.3, -0.25) is 0 Å². The summed E-state index contributed by atoms with van der Waals surface area (Å²) in [6.45, 7) is 4.44. The molecule has 2 aromatic rings. The van der Waals surface area contributed by atoms with Crippen LogP contribution in [0.5, 0.6) is 5.75 Å². The van der Waals surface area contributed by atoms with Crippen LogP contribution in [-0.4, -0.2) is 11.1 Å². The fourth-order valence-electron chi connectivity index (χ4n) is 2.25. The normalized spacial score (nSPS) is 12.4. The number of hydrogen-bond acceptors (Lipinski definition) is 2. The lowest BCUT2D eigenvalue weighted by molar-refractivity contribution is 0.394. The lowest BCUT2D eigenvalue weighted by atomic mass is 10.0. The summed E-state index contributed by atoms with van der Waals surface area (Å²) in [6.07, 6.45) is 0.843. The number of halogens is 2. The van der Waals surface area contributed by atoms with Gasteiger partial charge in [0.05, 0.1) is 0 Å². The van der Waals surface area contributed by atoms with E-state index in [1.165, 1.54) is 11.1 Å². The Morgan fingerprint density at radius 3 is 2.38 bits per heavy atom. The Labute approximate surface area is 123 Å². The lowest BCUT2D eigenvalue weighted by Crippen LogP contribution is -2.27. The summed E-state index contributed by atoms with van der Waals surface area (Å²) in [7, 11) is 0. The molecule has 0 spiro atoms. The molecule has 1 unspecified atom stereocenters. The van der Waals surface area contributed by atoms with Gasteiger partial charge in [-0.2, -0.15) is 0 Å². The molecule has 0 saturated carbocycles. The molecule has 0 aromatic heterocycles. The quantitative estimate of drug-likeness (QED) is 0.880. The second-order valence-electron chi connectivity index (χ2n) is 5.32. The third-order valence-electron chi connectivity index (χ3n) is 3.52. The molecule has 0 aliphatic heterocycles. The number of hydrogen-bond donors (Lipinski definition) is 2. The fourth-order valence-corrected chi connectivity index (χ4v) is 2.25. The third kappa shape index (κ3) is 4.02. The van der Waals surface area contributed by atoms with E-state index in [4.69, 9.17) is 5.11 Å². The van der Waals surface area contributed by atoms with Gasteiger partial charge >= 0.3 is 0 Å². The number of phenolic OH excluding ortho intramolecular Hbond substituents is 1. The maximum Gasteiger partial charge on any atom is 0.187 e. The first kappa shape index (κ1) is 15.4. The highest BCUT2D eigenvalue weighted by molar-refractivity contribution is 5.30. The molecule has 0 heterocycles. The zero-order chi connectivity index (χ0) is 15.4. The van der Waals surface area contributed by atoms with Crippen molar-refractivity contribution in [3.63, 3.8) is 0 Å². The second kappa shape index (κ2) is 6.68. The number of phenols is 1. The number of aromatic hydroxyl groups is 1. The van der Waals surface area contributed by atoms with Crippen molar-refractivity contribution < 1.29 is 13.9 Å². The Balaban J connectivity index is 1.95. The molecule has 0 saturated heterocycles. The van der Waals surface area contributed by atoms with E-state index in [2.05, 4.69) is 24.4 Å². The monoisotopic (exact) mass is 291 g/mol. The molecule has 2 aromatic carbocycles. The van der Waals surface area contributed by atoms with Crippen molar-refractivity contribution in [2.75, 3.05) is 0 Å². The van der Waals surface area contributed by atoms with Gasteiger partial charge in [0, 0.05) is 12.6 Å². The van der Waals surface area contributed by atoms with Crippen LogP contribution < -0.4 is 5.32 Å². The number of rotatable bonds is 5. The molecule has 21 heavy (non-hydrogen) atoms. The van der Waals surface area contributed by atoms with E-state index < -0.39 is 17.4 Å². The van der Waals surface area contributed by atoms with Crippen molar-refractivity contribution in [3.8, 4) is 5.75 Å². The molecule has 0 bridgehead atoms. The van der Waals surface area contributed by atoms with Gasteiger partial charge in [0.1, 0.15) is 0 Å². The maximum atomic E-state index is 13.2. The fraction of sp³-hybridized carbons (Fsp3) is 0.294. The minimum Gasteiger partial charge on any atom is -0.503 e. The van der Waals surface area contributed by atoms with Crippen LogP contribution in [0.2, 0.25) is 0 Å². The first-order chi connectivity index (χ1) is 9.97. The van der Waals surface area contributed by atoms with E-state index in [0.717, 1.165) is 18.6 Å². The highest BCUT2D eigenvalue weighted by Gasteiger charge is 2.10. The van der Waals surface area contributed by atoms with E-state index >= 15 is 0 Å². The highest BCUT2D eigenvalue weighted by Crippen LogP contribution is 2.21. The summed E-state index contributed by atoms with van der Waals surface area (Å²) in [4.78, 5) is 0. The van der Waals surface area contributed by atoms with Gasteiger partial charge in [0.2, 0.25) is 0 Å². The first-order valence-electron chi connectivity index (χ1n) is 6.92. The summed E-state index contributed by atoms with van der Waals surface area (Å²) in [6, 6.07) is 10.6. The Morgan fingerprint density at radius 1 is 1.14 bits per heavy atom. The summed E-state index contributed by atoms with van der Waals surface area (Å²) in [5.74, 6) is -2.79. The van der Waals surface area contributed by atoms with Gasteiger partial charge < -0.3 is 10.4 Å². The first-order valence-corrected chi connectivity index (χ1v) is 6.92. The van der Waals surface area contributed by atoms with Crippen molar-refractivity contribution >= 4 is 0 Å². The number of aryl methyl sites for hydroxylation is 1. The standard InChI is InChI=1S/C17H19F2NO/c1-11-5-3-4-6-14(11)7-12(2)20-10-13-8-15(18)17(21)16(19)9-13/h3-6,8-9,12,20-21H,7,10H2,1-2H3. The second-order valence-corrected chi connectivity index (χ2v) is 5.32. The molecule has 0 aliphatic carbocycles. The molecule has 1 atom stereocenters. The van der Waals surface area contributed by atoms with Crippen molar-refractivity contribution in [1.82, 2.24) is 5.32 Å². The third-order valence-corrected chi connectivity index (χ3v) is 3.52. The molecule has 2 rings (SSSR count). The predicted molar refractivity (Wildman–Crippen MR) is 79.2 cm³/mol. The Bertz CT molecular complexity index is 605. The zero-order valence-electron chi connectivity index (χ0n) is 12.2. The maximum absolute atomic E-state index is 13.2. The van der Waals surface area contributed by atoms with E-state index in [1.807, 2.05) is 19.1 Å². The zero-order valence-corrected chi connectivity index (χ0v) is 12.2. The molecular formula is C17H19F2NO. The molecule has 0 aliphatic rings. The van der Waals surface area contributed by atoms with Crippen LogP contribution in [0.25, 0.3) is 0 Å². The van der Waals surface area contributed by atoms with Crippen molar-refractivity contribution in [1.29, 1.82) is 0 Å². The average molecular weight is 291 g/mol. The minimum atomic E-state index is -0.932. The van der Waals surface area contributed by atoms with Gasteiger partial charge in [-0.1, -0.05) is 24.3 Å². The largest absolute Gasteiger partial charge is 0.503 e. The molecule has 0 fully saturated rings. The topological polar surface area (TPSA) is 32.3 Å². The lowest BCUT2D eigenvalue weighted by Gasteiger charge is -2.15. The van der Waals surface area contributed by atoms with Gasteiger partial charge in [0.15, 0.2) is 17.4 Å². The SMILES string of the molecule is Cc1ccccc1CC(C)NCc1cc(F)c(O)c(F)c1. The average Bonchev–Trinajstić information content (AvgIpc) is 2.45. The van der Waals surface area contributed by atoms with Gasteiger partial charge in [-0.05, 0) is 49.1 Å². The molecule has 0 radical (unpaired) electrons. The Morgan fingerprint density at radius 2 is 1.76 bits per heavy atom. The van der Waals surface area contributed by atoms with E-state index in [0.29, 0.717) is 12.1 Å². The van der Waals surface area contributed by atoms with Crippen LogP contribution in [0.15, 0.2) is 36.4 Å². The van der Waals surface area contributed by atoms with Crippen LogP contribution in [-0.2, 0) is 13.0 Å². The number of nitrogens with one attached hydrogen (secondary N) is 1. The van der Waals surface area contributed by atoms with E-state index in [9.17, 15) is 8.78 Å². The smallest absolute Gasteiger partial charge is 0.187 e. The highest BCUT2D eigenvalue weighted by atomic mass is 19.1. The van der Waals surface area contributed by atoms with Crippen molar-refractivity contribution in [3.05, 3.63) is 64.7 Å². The molecule has 0 amide bonds. The van der Waals surface area contributed by atoms with E-state index in [1.54, 1.807) is 0 Å². The number of benzene rings is 2. The summed E-state index contributed by atoms with van der Waals surface area (Å²) in [5, 5.41) is 12.3. The summed E-state index contributed by atoms with van der Waals surface area (Å²) < 4.78 is 26.5. The molecule has 2 nitrogen and oxygen atoms in total. The molecule has 4 heteroatoms. The van der Waals surface area contributed by atoms with Gasteiger partial charge in [-0.15, -0.1) is 0 Å². The molecular weight excluding hydrogens is 272 g/mol. The van der Waals surface area contributed by atoms with E-state index in [-0.39, 0.29) is 6.04 Å². The summed E-state index contributed by atoms with van der Waals surface area (Å²) in [5.41, 5.74) is 2.95. The van der Waals surface area contributed by atoms with Crippen LogP contribution in [0, 0.1) is 18.6 Å².